The van der Waals surface area contributed by atoms with Crippen LogP contribution in [-0.2, 0) is 0 Å². The number of thiocarbonyl (C=S) groups is 1. The first-order valence-electron chi connectivity index (χ1n) is 2.69. The Morgan fingerprint density at radius 2 is 2.00 bits per heavy atom. The van der Waals surface area contributed by atoms with Crippen LogP contribution in [-0.4, -0.2) is 10.2 Å². The first kappa shape index (κ1) is 7.69. The van der Waals surface area contributed by atoms with Crippen LogP contribution in [0.15, 0.2) is 28.7 Å². The first-order valence-corrected chi connectivity index (χ1v) is 3.90. The molecule has 1 aromatic rings. The predicted octanol–water partition coefficient (Wildman–Crippen LogP) is 2.68. The second kappa shape index (κ2) is 3.12. The maximum Gasteiger partial charge on any atom is 0.189 e. The minimum atomic E-state index is -0.0764. The van der Waals surface area contributed by atoms with E-state index in [0.29, 0.717) is 5.56 Å². The number of aliphatic hydroxyl groups is 1. The fourth-order valence-electron chi connectivity index (χ4n) is 0.635. The van der Waals surface area contributed by atoms with Gasteiger partial charge in [-0.2, -0.15) is 0 Å². The van der Waals surface area contributed by atoms with Crippen LogP contribution in [0, 0.1) is 0 Å². The van der Waals surface area contributed by atoms with Crippen molar-refractivity contribution < 1.29 is 5.11 Å². The van der Waals surface area contributed by atoms with Gasteiger partial charge in [-0.1, -0.05) is 28.1 Å². The average molecular weight is 217 g/mol. The second-order valence-electron chi connectivity index (χ2n) is 1.78. The van der Waals surface area contributed by atoms with Crippen molar-refractivity contribution in [2.45, 2.75) is 0 Å². The molecule has 0 aromatic heterocycles. The zero-order valence-corrected chi connectivity index (χ0v) is 7.45. The van der Waals surface area contributed by atoms with Gasteiger partial charge in [-0.25, -0.2) is 0 Å². The predicted molar refractivity (Wildman–Crippen MR) is 48.5 cm³/mol. The lowest BCUT2D eigenvalue weighted by molar-refractivity contribution is 0.570. The largest absolute Gasteiger partial charge is 0.498 e. The highest BCUT2D eigenvalue weighted by Gasteiger charge is 2.00. The highest BCUT2D eigenvalue weighted by molar-refractivity contribution is 9.10. The molecule has 3 heteroatoms. The van der Waals surface area contributed by atoms with Gasteiger partial charge < -0.3 is 5.11 Å². The summed E-state index contributed by atoms with van der Waals surface area (Å²) in [6.07, 6.45) is 0. The molecule has 1 N–H and O–H groups in total. The Morgan fingerprint density at radius 1 is 1.40 bits per heavy atom. The van der Waals surface area contributed by atoms with E-state index in [2.05, 4.69) is 28.1 Å². The fraction of sp³-hybridized carbons (Fsp3) is 0. The molecule has 0 aliphatic rings. The summed E-state index contributed by atoms with van der Waals surface area (Å²) in [4.78, 5) is 0. The molecule has 0 heterocycles. The Labute approximate surface area is 72.8 Å². The molecule has 10 heavy (non-hydrogen) atoms. The van der Waals surface area contributed by atoms with Gasteiger partial charge in [-0.15, -0.1) is 0 Å². The summed E-state index contributed by atoms with van der Waals surface area (Å²) in [6, 6.07) is 7.28. The van der Waals surface area contributed by atoms with Gasteiger partial charge in [0.05, 0.1) is 0 Å². The van der Waals surface area contributed by atoms with Crippen molar-refractivity contribution in [1.29, 1.82) is 0 Å². The number of hydrogen-bond acceptors (Lipinski definition) is 1. The highest BCUT2D eigenvalue weighted by atomic mass is 79.9. The molecule has 0 saturated heterocycles. The zero-order valence-electron chi connectivity index (χ0n) is 5.04. The Morgan fingerprint density at radius 3 is 2.40 bits per heavy atom. The maximum atomic E-state index is 8.91. The Bertz CT molecular complexity index is 260. The SMILES string of the molecule is OC(=S)c1ccccc1Br. The molecule has 1 nitrogen and oxygen atoms in total. The topological polar surface area (TPSA) is 20.2 Å². The molecule has 0 aliphatic carbocycles. The zero-order chi connectivity index (χ0) is 7.56. The second-order valence-corrected chi connectivity index (χ2v) is 3.03. The van der Waals surface area contributed by atoms with Crippen molar-refractivity contribution in [3.63, 3.8) is 0 Å². The molecule has 0 radical (unpaired) electrons. The lowest BCUT2D eigenvalue weighted by Gasteiger charge is -1.97. The van der Waals surface area contributed by atoms with Crippen molar-refractivity contribution in [3.05, 3.63) is 34.3 Å². The van der Waals surface area contributed by atoms with E-state index in [1.54, 1.807) is 6.07 Å². The summed E-state index contributed by atoms with van der Waals surface area (Å²) in [5.74, 6) is 0. The third kappa shape index (κ3) is 1.55. The molecule has 0 unspecified atom stereocenters. The van der Waals surface area contributed by atoms with Gasteiger partial charge in [0.25, 0.3) is 0 Å². The molecule has 0 amide bonds. The van der Waals surface area contributed by atoms with Crippen molar-refractivity contribution in [1.82, 2.24) is 0 Å². The van der Waals surface area contributed by atoms with Gasteiger partial charge in [0, 0.05) is 10.0 Å². The minimum Gasteiger partial charge on any atom is -0.498 e. The molecule has 1 rings (SSSR count). The maximum absolute atomic E-state index is 8.91. The van der Waals surface area contributed by atoms with Crippen LogP contribution in [0.4, 0.5) is 0 Å². The van der Waals surface area contributed by atoms with E-state index in [0.717, 1.165) is 4.47 Å². The molecule has 0 spiro atoms. The molecule has 52 valence electrons. The number of halogens is 1. The number of hydrogen-bond donors (Lipinski definition) is 1. The standard InChI is InChI=1S/C7H5BrOS/c8-6-4-2-1-3-5(6)7(9)10/h1-4H,(H,9,10). The van der Waals surface area contributed by atoms with Crippen LogP contribution < -0.4 is 0 Å². The van der Waals surface area contributed by atoms with E-state index in [4.69, 9.17) is 5.11 Å². The molecular weight excluding hydrogens is 212 g/mol. The molecular formula is C7H5BrOS. The lowest BCUT2D eigenvalue weighted by atomic mass is 10.2. The molecule has 0 atom stereocenters. The van der Waals surface area contributed by atoms with E-state index in [9.17, 15) is 0 Å². The van der Waals surface area contributed by atoms with E-state index >= 15 is 0 Å². The third-order valence-corrected chi connectivity index (χ3v) is 2.02. The first-order chi connectivity index (χ1) is 4.72. The van der Waals surface area contributed by atoms with Gasteiger partial charge in [0.1, 0.15) is 0 Å². The van der Waals surface area contributed by atoms with E-state index in [1.165, 1.54) is 0 Å². The van der Waals surface area contributed by atoms with Gasteiger partial charge in [0.2, 0.25) is 0 Å². The van der Waals surface area contributed by atoms with Crippen molar-refractivity contribution in [2.75, 3.05) is 0 Å². The van der Waals surface area contributed by atoms with Crippen LogP contribution in [0.3, 0.4) is 0 Å². The molecule has 0 fully saturated rings. The smallest absolute Gasteiger partial charge is 0.189 e. The highest BCUT2D eigenvalue weighted by Crippen LogP contribution is 2.15. The molecule has 1 aromatic carbocycles. The van der Waals surface area contributed by atoms with E-state index < -0.39 is 0 Å². The number of rotatable bonds is 1. The Hall–Kier alpha value is -0.410. The van der Waals surface area contributed by atoms with Crippen LogP contribution >= 0.6 is 28.1 Å². The normalized spacial score (nSPS) is 9.30. The van der Waals surface area contributed by atoms with Gasteiger partial charge in [-0.05, 0) is 24.4 Å². The van der Waals surface area contributed by atoms with Crippen molar-refractivity contribution in [2.24, 2.45) is 0 Å². The molecule has 0 bridgehead atoms. The summed E-state index contributed by atoms with van der Waals surface area (Å²) in [5.41, 5.74) is 0.664. The average Bonchev–Trinajstić information content (AvgIpc) is 1.88. The summed E-state index contributed by atoms with van der Waals surface area (Å²) >= 11 is 7.82. The summed E-state index contributed by atoms with van der Waals surface area (Å²) in [7, 11) is 0. The van der Waals surface area contributed by atoms with Gasteiger partial charge >= 0.3 is 0 Å². The number of aliphatic hydroxyl groups excluding tert-OH is 1. The fourth-order valence-corrected chi connectivity index (χ4v) is 1.42. The summed E-state index contributed by atoms with van der Waals surface area (Å²) in [6.45, 7) is 0. The Kier molecular flexibility index (Phi) is 2.40. The van der Waals surface area contributed by atoms with E-state index in [-0.39, 0.29) is 5.05 Å². The van der Waals surface area contributed by atoms with Gasteiger partial charge in [-0.3, -0.25) is 0 Å². The quantitative estimate of drug-likeness (QED) is 0.729. The molecule has 0 aliphatic heterocycles. The van der Waals surface area contributed by atoms with Crippen LogP contribution in [0.1, 0.15) is 5.56 Å². The van der Waals surface area contributed by atoms with Crippen molar-refractivity contribution >= 4 is 33.2 Å². The summed E-state index contributed by atoms with van der Waals surface area (Å²) < 4.78 is 0.822. The summed E-state index contributed by atoms with van der Waals surface area (Å²) in [5, 5.41) is 8.83. The third-order valence-electron chi connectivity index (χ3n) is 1.10. The van der Waals surface area contributed by atoms with Crippen LogP contribution in [0.5, 0.6) is 0 Å². The lowest BCUT2D eigenvalue weighted by Crippen LogP contribution is -1.94. The Balaban J connectivity index is 3.15. The minimum absolute atomic E-state index is 0.0764. The van der Waals surface area contributed by atoms with Crippen LogP contribution in [0.25, 0.3) is 0 Å². The molecule has 0 saturated carbocycles. The van der Waals surface area contributed by atoms with Crippen molar-refractivity contribution in [3.8, 4) is 0 Å². The van der Waals surface area contributed by atoms with Gasteiger partial charge in [0.15, 0.2) is 5.05 Å². The monoisotopic (exact) mass is 216 g/mol. The van der Waals surface area contributed by atoms with Crippen LogP contribution in [0.2, 0.25) is 0 Å². The van der Waals surface area contributed by atoms with E-state index in [1.807, 2.05) is 18.2 Å². The number of benzene rings is 1.